The number of aliphatic imine (C=N–C) groups is 1. The second-order valence-corrected chi connectivity index (χ2v) is 2.90. The summed E-state index contributed by atoms with van der Waals surface area (Å²) in [4.78, 5) is 15.9. The molecule has 1 aromatic carbocycles. The molecule has 0 amide bonds. The Labute approximate surface area is 83.9 Å². The van der Waals surface area contributed by atoms with Gasteiger partial charge in [-0.25, -0.2) is 4.99 Å². The minimum atomic E-state index is -0.140. The summed E-state index contributed by atoms with van der Waals surface area (Å²) < 4.78 is 0. The zero-order chi connectivity index (χ0) is 10.8. The zero-order valence-electron chi connectivity index (χ0n) is 7.51. The van der Waals surface area contributed by atoms with E-state index in [0.29, 0.717) is 16.5 Å². The number of nitrogens with one attached hydrogen (secondary N) is 1. The van der Waals surface area contributed by atoms with Crippen molar-refractivity contribution in [2.45, 2.75) is 0 Å². The third kappa shape index (κ3) is 1.52. The van der Waals surface area contributed by atoms with E-state index in [1.54, 1.807) is 12.1 Å². The van der Waals surface area contributed by atoms with Crippen LogP contribution in [0.5, 0.6) is 11.8 Å². The van der Waals surface area contributed by atoms with Crippen molar-refractivity contribution in [3.05, 3.63) is 23.1 Å². The normalized spacial score (nSPS) is 11.2. The number of H-pyrrole nitrogens is 1. The second kappa shape index (κ2) is 3.41. The molecule has 3 N–H and O–H groups in total. The van der Waals surface area contributed by atoms with Crippen molar-refractivity contribution in [1.29, 1.82) is 0 Å². The second-order valence-electron chi connectivity index (χ2n) is 2.90. The summed E-state index contributed by atoms with van der Waals surface area (Å²) in [6.45, 7) is 0. The minimum Gasteiger partial charge on any atom is -0.494 e. The van der Waals surface area contributed by atoms with Crippen LogP contribution >= 0.6 is 0 Å². The molecule has 0 unspecified atom stereocenters. The molecule has 6 heteroatoms. The van der Waals surface area contributed by atoms with Crippen LogP contribution in [0.25, 0.3) is 10.8 Å². The van der Waals surface area contributed by atoms with Crippen LogP contribution < -0.4 is 0 Å². The molecule has 2 rings (SSSR count). The molecular formula is C9H7N3O3. The van der Waals surface area contributed by atoms with Crippen LogP contribution in [0.15, 0.2) is 28.4 Å². The molecule has 0 saturated heterocycles. The van der Waals surface area contributed by atoms with Gasteiger partial charge in [-0.1, -0.05) is 0 Å². The lowest BCUT2D eigenvalue weighted by Gasteiger charge is -1.93. The molecular weight excluding hydrogens is 198 g/mol. The van der Waals surface area contributed by atoms with Crippen molar-refractivity contribution in [1.82, 2.24) is 4.98 Å². The van der Waals surface area contributed by atoms with E-state index in [1.165, 1.54) is 6.07 Å². The number of rotatable bonds is 2. The third-order valence-electron chi connectivity index (χ3n) is 2.00. The maximum atomic E-state index is 9.82. The lowest BCUT2D eigenvalue weighted by molar-refractivity contribution is 0.429. The molecule has 0 radical (unpaired) electrons. The van der Waals surface area contributed by atoms with E-state index in [4.69, 9.17) is 0 Å². The van der Waals surface area contributed by atoms with E-state index in [0.717, 1.165) is 6.34 Å². The number of hydrogen-bond acceptors (Lipinski definition) is 4. The van der Waals surface area contributed by atoms with Gasteiger partial charge in [0.1, 0.15) is 0 Å². The Morgan fingerprint density at radius 1 is 1.20 bits per heavy atom. The Balaban J connectivity index is 2.60. The van der Waals surface area contributed by atoms with Crippen LogP contribution in [0.4, 0.5) is 5.69 Å². The average Bonchev–Trinajstić information content (AvgIpc) is 2.52. The van der Waals surface area contributed by atoms with Gasteiger partial charge in [-0.3, -0.25) is 4.98 Å². The van der Waals surface area contributed by atoms with Gasteiger partial charge in [0.25, 0.3) is 0 Å². The van der Waals surface area contributed by atoms with Crippen LogP contribution in [-0.4, -0.2) is 21.5 Å². The van der Waals surface area contributed by atoms with Crippen LogP contribution in [0, 0.1) is 4.91 Å². The molecule has 0 aliphatic rings. The monoisotopic (exact) mass is 205 g/mol. The van der Waals surface area contributed by atoms with Gasteiger partial charge in [-0.15, -0.1) is 4.91 Å². The summed E-state index contributed by atoms with van der Waals surface area (Å²) >= 11 is 0. The zero-order valence-corrected chi connectivity index (χ0v) is 7.51. The minimum absolute atomic E-state index is 0.105. The van der Waals surface area contributed by atoms with Gasteiger partial charge in [0, 0.05) is 10.8 Å². The van der Waals surface area contributed by atoms with Crippen LogP contribution in [0.3, 0.4) is 0 Å². The van der Waals surface area contributed by atoms with E-state index in [-0.39, 0.29) is 11.8 Å². The number of nitroso groups, excluding NO2 is 1. The molecule has 0 saturated carbocycles. The summed E-state index contributed by atoms with van der Waals surface area (Å²) in [5.74, 6) is -0.245. The highest BCUT2D eigenvalue weighted by Gasteiger charge is 2.08. The fraction of sp³-hybridized carbons (Fsp3) is 0. The first-order chi connectivity index (χ1) is 7.22. The maximum Gasteiger partial charge on any atom is 0.199 e. The first kappa shape index (κ1) is 9.20. The predicted molar refractivity (Wildman–Crippen MR) is 55.6 cm³/mol. The van der Waals surface area contributed by atoms with Crippen molar-refractivity contribution in [3.8, 4) is 11.8 Å². The largest absolute Gasteiger partial charge is 0.494 e. The topological polar surface area (TPSA) is 98.0 Å². The fourth-order valence-corrected chi connectivity index (χ4v) is 1.35. The van der Waals surface area contributed by atoms with Gasteiger partial charge < -0.3 is 10.2 Å². The van der Waals surface area contributed by atoms with E-state index >= 15 is 0 Å². The fourth-order valence-electron chi connectivity index (χ4n) is 1.35. The molecule has 2 aromatic rings. The molecule has 15 heavy (non-hydrogen) atoms. The lowest BCUT2D eigenvalue weighted by atomic mass is 10.2. The Bertz CT molecular complexity index is 545. The highest BCUT2D eigenvalue weighted by Crippen LogP contribution is 2.34. The van der Waals surface area contributed by atoms with Crippen LogP contribution in [0.1, 0.15) is 0 Å². The van der Waals surface area contributed by atoms with Gasteiger partial charge in [-0.05, 0) is 23.4 Å². The van der Waals surface area contributed by atoms with Gasteiger partial charge in [0.2, 0.25) is 0 Å². The van der Waals surface area contributed by atoms with Crippen LogP contribution in [-0.2, 0) is 0 Å². The molecule has 6 nitrogen and oxygen atoms in total. The first-order valence-electron chi connectivity index (χ1n) is 4.11. The van der Waals surface area contributed by atoms with Crippen LogP contribution in [0.2, 0.25) is 0 Å². The maximum absolute atomic E-state index is 9.82. The summed E-state index contributed by atoms with van der Waals surface area (Å²) in [5.41, 5.74) is 0.469. The highest BCUT2D eigenvalue weighted by molar-refractivity contribution is 5.94. The summed E-state index contributed by atoms with van der Waals surface area (Å²) in [6.07, 6.45) is 0.866. The smallest absolute Gasteiger partial charge is 0.199 e. The number of aromatic amines is 1. The van der Waals surface area contributed by atoms with Gasteiger partial charge >= 0.3 is 0 Å². The van der Waals surface area contributed by atoms with E-state index in [1.807, 2.05) is 0 Å². The number of aromatic hydroxyl groups is 2. The van der Waals surface area contributed by atoms with Gasteiger partial charge in [0.05, 0.1) is 5.69 Å². The molecule has 1 heterocycles. The molecule has 0 aliphatic heterocycles. The highest BCUT2D eigenvalue weighted by atomic mass is 16.3. The number of nitrogens with zero attached hydrogens (tertiary/aromatic N) is 2. The molecule has 0 spiro atoms. The number of hydrogen-bond donors (Lipinski definition) is 3. The molecule has 0 bridgehead atoms. The van der Waals surface area contributed by atoms with Crippen molar-refractivity contribution in [3.63, 3.8) is 0 Å². The molecule has 0 aliphatic carbocycles. The van der Waals surface area contributed by atoms with Crippen molar-refractivity contribution in [2.24, 2.45) is 10.2 Å². The van der Waals surface area contributed by atoms with E-state index in [9.17, 15) is 15.1 Å². The Kier molecular flexibility index (Phi) is 2.09. The number of aromatic nitrogens is 1. The standard InChI is InChI=1S/C9H7N3O3/c13-8-6-2-1-5(10-4-11-15)3-7(6)9(14)12-8/h1-4,12-14H. The molecule has 0 fully saturated rings. The summed E-state index contributed by atoms with van der Waals surface area (Å²) in [5, 5.41) is 22.1. The predicted octanol–water partition coefficient (Wildman–Crippen LogP) is 2.01. The van der Waals surface area contributed by atoms with Crippen molar-refractivity contribution < 1.29 is 10.2 Å². The Morgan fingerprint density at radius 3 is 2.67 bits per heavy atom. The van der Waals surface area contributed by atoms with Gasteiger partial charge in [0.15, 0.2) is 18.1 Å². The van der Waals surface area contributed by atoms with E-state index in [2.05, 4.69) is 15.2 Å². The summed E-state index contributed by atoms with van der Waals surface area (Å²) in [7, 11) is 0. The number of benzene rings is 1. The average molecular weight is 205 g/mol. The van der Waals surface area contributed by atoms with E-state index < -0.39 is 0 Å². The van der Waals surface area contributed by atoms with Gasteiger partial charge in [-0.2, -0.15) is 0 Å². The Hall–Kier alpha value is -2.37. The van der Waals surface area contributed by atoms with Crippen molar-refractivity contribution in [2.75, 3.05) is 0 Å². The molecule has 0 atom stereocenters. The first-order valence-corrected chi connectivity index (χ1v) is 4.11. The Morgan fingerprint density at radius 2 is 1.93 bits per heavy atom. The molecule has 1 aromatic heterocycles. The quantitative estimate of drug-likeness (QED) is 0.397. The summed E-state index contributed by atoms with van der Waals surface area (Å²) in [6, 6.07) is 4.71. The third-order valence-corrected chi connectivity index (χ3v) is 2.00. The number of fused-ring (bicyclic) bond motifs is 1. The van der Waals surface area contributed by atoms with Crippen molar-refractivity contribution >= 4 is 22.8 Å². The SMILES string of the molecule is O=NC=Nc1ccc2c(O)[nH]c(O)c2c1. The molecule has 76 valence electrons. The lowest BCUT2D eigenvalue weighted by Crippen LogP contribution is -1.68.